The minimum Gasteiger partial charge on any atom is -0.399 e. The Balaban J connectivity index is 1.92. The van der Waals surface area contributed by atoms with Crippen LogP contribution in [0.15, 0.2) is 36.4 Å². The molecule has 0 aliphatic carbocycles. The Kier molecular flexibility index (Phi) is 3.92. The Morgan fingerprint density at radius 3 is 2.18 bits per heavy atom. The van der Waals surface area contributed by atoms with Crippen LogP contribution < -0.4 is 10.8 Å². The minimum absolute atomic E-state index is 0.313. The van der Waals surface area contributed by atoms with Gasteiger partial charge < -0.3 is 14.6 Å². The van der Waals surface area contributed by atoms with Crippen LogP contribution in [0.4, 0.5) is 5.69 Å². The van der Waals surface area contributed by atoms with Gasteiger partial charge in [-0.3, -0.25) is 0 Å². The molecule has 1 heterocycles. The summed E-state index contributed by atoms with van der Waals surface area (Å²) < 4.78 is 12.2. The van der Waals surface area contributed by atoms with Crippen LogP contribution in [0.3, 0.4) is 0 Å². The average Bonchev–Trinajstić information content (AvgIpc) is 2.67. The van der Waals surface area contributed by atoms with E-state index < -0.39 is 0 Å². The summed E-state index contributed by atoms with van der Waals surface area (Å²) in [6.07, 6.45) is 0. The first kappa shape index (κ1) is 15.7. The lowest BCUT2D eigenvalue weighted by Crippen LogP contribution is -2.41. The van der Waals surface area contributed by atoms with Crippen LogP contribution in [0, 0.1) is 0 Å². The van der Waals surface area contributed by atoms with E-state index in [2.05, 4.69) is 82.0 Å². The van der Waals surface area contributed by atoms with Gasteiger partial charge in [-0.1, -0.05) is 24.3 Å². The number of nitrogens with one attached hydrogen (secondary N) is 1. The van der Waals surface area contributed by atoms with Gasteiger partial charge in [0, 0.05) is 5.69 Å². The summed E-state index contributed by atoms with van der Waals surface area (Å²) >= 11 is 4.19. The predicted octanol–water partition coefficient (Wildman–Crippen LogP) is 3.44. The van der Waals surface area contributed by atoms with E-state index >= 15 is 0 Å². The van der Waals surface area contributed by atoms with Gasteiger partial charge in [-0.2, -0.15) is 12.6 Å². The number of anilines is 1. The van der Waals surface area contributed by atoms with E-state index in [-0.39, 0.29) is 18.3 Å². The monoisotopic (exact) mass is 315 g/mol. The normalized spacial score (nSPS) is 19.6. The molecule has 0 spiro atoms. The molecule has 3 rings (SSSR count). The SMILES string of the molecule is CC1(C)OB(c2ccc3cc(NCS)ccc3c2)OC1(C)C. The summed E-state index contributed by atoms with van der Waals surface area (Å²) in [5, 5.41) is 5.57. The van der Waals surface area contributed by atoms with Gasteiger partial charge in [0.05, 0.1) is 17.1 Å². The molecule has 3 nitrogen and oxygen atoms in total. The summed E-state index contributed by atoms with van der Waals surface area (Å²) in [4.78, 5) is 0. The topological polar surface area (TPSA) is 30.5 Å². The van der Waals surface area contributed by atoms with Crippen molar-refractivity contribution < 1.29 is 9.31 Å². The van der Waals surface area contributed by atoms with Gasteiger partial charge in [-0.05, 0) is 56.1 Å². The van der Waals surface area contributed by atoms with Gasteiger partial charge in [0.25, 0.3) is 0 Å². The summed E-state index contributed by atoms with van der Waals surface area (Å²) in [6, 6.07) is 12.6. The molecular weight excluding hydrogens is 293 g/mol. The molecule has 0 unspecified atom stereocenters. The van der Waals surface area contributed by atoms with Crippen molar-refractivity contribution in [2.45, 2.75) is 38.9 Å². The van der Waals surface area contributed by atoms with E-state index in [4.69, 9.17) is 9.31 Å². The van der Waals surface area contributed by atoms with Crippen molar-refractivity contribution in [1.82, 2.24) is 0 Å². The Morgan fingerprint density at radius 1 is 0.955 bits per heavy atom. The Hall–Kier alpha value is -1.17. The molecule has 0 radical (unpaired) electrons. The number of benzene rings is 2. The highest BCUT2D eigenvalue weighted by atomic mass is 32.1. The summed E-state index contributed by atoms with van der Waals surface area (Å²) in [5.74, 6) is 0.623. The summed E-state index contributed by atoms with van der Waals surface area (Å²) in [5.41, 5.74) is 1.51. The van der Waals surface area contributed by atoms with Crippen molar-refractivity contribution in [1.29, 1.82) is 0 Å². The number of hydrogen-bond donors (Lipinski definition) is 2. The second kappa shape index (κ2) is 5.48. The first-order chi connectivity index (χ1) is 10.3. The van der Waals surface area contributed by atoms with Crippen molar-refractivity contribution >= 4 is 41.7 Å². The van der Waals surface area contributed by atoms with Crippen LogP contribution in [0.1, 0.15) is 27.7 Å². The third-order valence-electron chi connectivity index (χ3n) is 4.67. The first-order valence-corrected chi connectivity index (χ1v) is 8.20. The lowest BCUT2D eigenvalue weighted by atomic mass is 9.78. The van der Waals surface area contributed by atoms with E-state index in [1.54, 1.807) is 0 Å². The van der Waals surface area contributed by atoms with Crippen LogP contribution in [0.25, 0.3) is 10.8 Å². The maximum absolute atomic E-state index is 6.12. The zero-order valence-corrected chi connectivity index (χ0v) is 14.4. The third kappa shape index (κ3) is 2.73. The fourth-order valence-corrected chi connectivity index (χ4v) is 2.77. The molecule has 1 fully saturated rings. The van der Waals surface area contributed by atoms with E-state index in [1.807, 2.05) is 0 Å². The molecule has 0 saturated carbocycles. The van der Waals surface area contributed by atoms with E-state index in [1.165, 1.54) is 10.8 Å². The van der Waals surface area contributed by atoms with Crippen LogP contribution in [0.5, 0.6) is 0 Å². The molecule has 1 saturated heterocycles. The Morgan fingerprint density at radius 2 is 1.55 bits per heavy atom. The highest BCUT2D eigenvalue weighted by Gasteiger charge is 2.51. The van der Waals surface area contributed by atoms with Gasteiger partial charge in [0.15, 0.2) is 0 Å². The zero-order chi connectivity index (χ0) is 16.0. The molecule has 1 N–H and O–H groups in total. The first-order valence-electron chi connectivity index (χ1n) is 7.56. The van der Waals surface area contributed by atoms with Crippen molar-refractivity contribution in [2.75, 3.05) is 11.2 Å². The van der Waals surface area contributed by atoms with E-state index in [0.29, 0.717) is 5.88 Å². The number of fused-ring (bicyclic) bond motifs is 1. The van der Waals surface area contributed by atoms with Crippen molar-refractivity contribution in [2.24, 2.45) is 0 Å². The Labute approximate surface area is 137 Å². The quantitative estimate of drug-likeness (QED) is 0.517. The second-order valence-electron chi connectivity index (χ2n) is 6.74. The van der Waals surface area contributed by atoms with E-state index in [0.717, 1.165) is 11.2 Å². The molecule has 5 heteroatoms. The highest BCUT2D eigenvalue weighted by molar-refractivity contribution is 7.80. The Bertz CT molecular complexity index is 686. The second-order valence-corrected chi connectivity index (χ2v) is 7.06. The largest absolute Gasteiger partial charge is 0.494 e. The molecule has 2 aromatic carbocycles. The molecule has 0 bridgehead atoms. The van der Waals surface area contributed by atoms with Crippen LogP contribution in [0.2, 0.25) is 0 Å². The van der Waals surface area contributed by atoms with Gasteiger partial charge in [0.1, 0.15) is 0 Å². The van der Waals surface area contributed by atoms with E-state index in [9.17, 15) is 0 Å². The third-order valence-corrected chi connectivity index (χ3v) is 4.83. The number of rotatable bonds is 3. The predicted molar refractivity (Wildman–Crippen MR) is 97.1 cm³/mol. The fourth-order valence-electron chi connectivity index (χ4n) is 2.59. The fraction of sp³-hybridized carbons (Fsp3) is 0.412. The lowest BCUT2D eigenvalue weighted by Gasteiger charge is -2.32. The smallest absolute Gasteiger partial charge is 0.399 e. The standard InChI is InChI=1S/C17H22BNO2S/c1-16(2)17(3,4)21-18(20-16)14-7-5-13-10-15(19-11-22)8-6-12(13)9-14/h5-10,19,22H,11H2,1-4H3. The van der Waals surface area contributed by atoms with Gasteiger partial charge in [0.2, 0.25) is 0 Å². The zero-order valence-electron chi connectivity index (χ0n) is 13.5. The summed E-state index contributed by atoms with van der Waals surface area (Å²) in [7, 11) is -0.315. The van der Waals surface area contributed by atoms with Crippen LogP contribution in [-0.2, 0) is 9.31 Å². The molecule has 1 aliphatic rings. The maximum atomic E-state index is 6.12. The highest BCUT2D eigenvalue weighted by Crippen LogP contribution is 2.36. The minimum atomic E-state index is -0.315. The van der Waals surface area contributed by atoms with Gasteiger partial charge >= 0.3 is 7.12 Å². The molecule has 22 heavy (non-hydrogen) atoms. The van der Waals surface area contributed by atoms with Crippen molar-refractivity contribution in [3.63, 3.8) is 0 Å². The lowest BCUT2D eigenvalue weighted by molar-refractivity contribution is 0.00578. The molecule has 1 aliphatic heterocycles. The summed E-state index contributed by atoms with van der Waals surface area (Å²) in [6.45, 7) is 8.29. The number of hydrogen-bond acceptors (Lipinski definition) is 4. The molecular formula is C17H22BNO2S. The van der Waals surface area contributed by atoms with Gasteiger partial charge in [-0.15, -0.1) is 0 Å². The maximum Gasteiger partial charge on any atom is 0.494 e. The van der Waals surface area contributed by atoms with Crippen molar-refractivity contribution in [3.05, 3.63) is 36.4 Å². The molecule has 2 aromatic rings. The average molecular weight is 315 g/mol. The molecule has 0 atom stereocenters. The molecule has 0 amide bonds. The number of thiol groups is 1. The van der Waals surface area contributed by atoms with Gasteiger partial charge in [-0.25, -0.2) is 0 Å². The van der Waals surface area contributed by atoms with Crippen LogP contribution >= 0.6 is 12.6 Å². The molecule has 116 valence electrons. The van der Waals surface area contributed by atoms with Crippen molar-refractivity contribution in [3.8, 4) is 0 Å². The molecule has 0 aromatic heterocycles. The van der Waals surface area contributed by atoms with Crippen LogP contribution in [-0.4, -0.2) is 24.2 Å².